The number of hydrogen-bond donors (Lipinski definition) is 1. The van der Waals surface area contributed by atoms with Crippen LogP contribution in [0, 0.1) is 5.92 Å². The maximum absolute atomic E-state index is 12.7. The second-order valence-electron chi connectivity index (χ2n) is 6.18. The number of hydrogen-bond acceptors (Lipinski definition) is 3. The summed E-state index contributed by atoms with van der Waals surface area (Å²) in [7, 11) is 0. The number of nitrogens with two attached hydrogens (primary N) is 1. The number of aryl methyl sites for hydroxylation is 2. The molecule has 0 saturated carbocycles. The number of carbonyl (C=O) groups is 1. The van der Waals surface area contributed by atoms with Crippen LogP contribution in [0.2, 0.25) is 0 Å². The Balaban J connectivity index is 2.12. The Morgan fingerprint density at radius 2 is 2.29 bits per heavy atom. The molecule has 0 bridgehead atoms. The van der Waals surface area contributed by atoms with Crippen LogP contribution in [-0.4, -0.2) is 29.9 Å². The smallest absolute Gasteiger partial charge is 0.263 e. The van der Waals surface area contributed by atoms with E-state index in [1.54, 1.807) is 11.3 Å². The molecule has 1 aliphatic rings. The molecule has 2 heterocycles. The molecule has 1 fully saturated rings. The maximum atomic E-state index is 12.7. The van der Waals surface area contributed by atoms with Crippen LogP contribution < -0.4 is 5.73 Å². The molecule has 0 aromatic carbocycles. The van der Waals surface area contributed by atoms with Crippen LogP contribution in [0.5, 0.6) is 0 Å². The van der Waals surface area contributed by atoms with Crippen molar-refractivity contribution in [2.75, 3.05) is 13.1 Å². The summed E-state index contributed by atoms with van der Waals surface area (Å²) in [6.45, 7) is 8.11. The van der Waals surface area contributed by atoms with E-state index in [9.17, 15) is 4.79 Å². The van der Waals surface area contributed by atoms with E-state index in [4.69, 9.17) is 5.73 Å². The molecule has 2 rings (SSSR count). The van der Waals surface area contributed by atoms with Crippen molar-refractivity contribution in [1.82, 2.24) is 4.90 Å². The largest absolute Gasteiger partial charge is 0.338 e. The van der Waals surface area contributed by atoms with Crippen molar-refractivity contribution < 1.29 is 4.79 Å². The molecule has 0 spiro atoms. The van der Waals surface area contributed by atoms with Crippen molar-refractivity contribution >= 4 is 17.2 Å². The number of likely N-dealkylation sites (tertiary alicyclic amines) is 1. The fourth-order valence-corrected chi connectivity index (χ4v) is 4.41. The maximum Gasteiger partial charge on any atom is 0.263 e. The summed E-state index contributed by atoms with van der Waals surface area (Å²) in [4.78, 5) is 17.1. The molecule has 0 aliphatic carbocycles. The summed E-state index contributed by atoms with van der Waals surface area (Å²) in [5.41, 5.74) is 7.37. The number of carbonyl (C=O) groups excluding carboxylic acids is 1. The lowest BCUT2D eigenvalue weighted by molar-refractivity contribution is 0.0666. The molecule has 3 nitrogen and oxygen atoms in total. The molecule has 2 unspecified atom stereocenters. The Bertz CT molecular complexity index is 481. The molecule has 4 heteroatoms. The Morgan fingerprint density at radius 3 is 2.90 bits per heavy atom. The summed E-state index contributed by atoms with van der Waals surface area (Å²) < 4.78 is 0. The third kappa shape index (κ3) is 3.86. The number of nitrogens with zero attached hydrogens (tertiary/aromatic N) is 1. The zero-order chi connectivity index (χ0) is 15.4. The average Bonchev–Trinajstić information content (AvgIpc) is 2.90. The lowest BCUT2D eigenvalue weighted by atomic mass is 9.92. The topological polar surface area (TPSA) is 46.3 Å². The van der Waals surface area contributed by atoms with Gasteiger partial charge in [0.15, 0.2) is 0 Å². The van der Waals surface area contributed by atoms with Crippen LogP contribution in [0.1, 0.15) is 60.1 Å². The van der Waals surface area contributed by atoms with Gasteiger partial charge in [-0.2, -0.15) is 0 Å². The van der Waals surface area contributed by atoms with E-state index in [1.807, 2.05) is 4.90 Å². The molecule has 2 N–H and O–H groups in total. The van der Waals surface area contributed by atoms with E-state index in [2.05, 4.69) is 26.8 Å². The zero-order valence-electron chi connectivity index (χ0n) is 13.5. The van der Waals surface area contributed by atoms with E-state index in [0.29, 0.717) is 5.92 Å². The summed E-state index contributed by atoms with van der Waals surface area (Å²) in [5, 5.41) is 0. The van der Waals surface area contributed by atoms with Gasteiger partial charge in [-0.3, -0.25) is 4.79 Å². The molecular weight excluding hydrogens is 280 g/mol. The van der Waals surface area contributed by atoms with Gasteiger partial charge >= 0.3 is 0 Å². The predicted molar refractivity (Wildman–Crippen MR) is 90.0 cm³/mol. The SMILES string of the molecule is CCCc1sc(C(=O)N2CCCC(C(C)N)C2)cc1CC. The van der Waals surface area contributed by atoms with Gasteiger partial charge < -0.3 is 10.6 Å². The van der Waals surface area contributed by atoms with Crippen molar-refractivity contribution in [1.29, 1.82) is 0 Å². The van der Waals surface area contributed by atoms with Crippen molar-refractivity contribution in [3.05, 3.63) is 21.4 Å². The number of amides is 1. The summed E-state index contributed by atoms with van der Waals surface area (Å²) >= 11 is 1.70. The first kappa shape index (κ1) is 16.5. The standard InChI is InChI=1S/C17H28N2OS/c1-4-7-15-13(5-2)10-16(21-15)17(20)19-9-6-8-14(11-19)12(3)18/h10,12,14H,4-9,11,18H2,1-3H3. The van der Waals surface area contributed by atoms with E-state index >= 15 is 0 Å². The minimum atomic E-state index is 0.172. The minimum absolute atomic E-state index is 0.172. The van der Waals surface area contributed by atoms with Gasteiger partial charge in [0, 0.05) is 24.0 Å². The predicted octanol–water partition coefficient (Wildman–Crippen LogP) is 3.46. The summed E-state index contributed by atoms with van der Waals surface area (Å²) in [6, 6.07) is 2.29. The number of rotatable bonds is 5. The average molecular weight is 308 g/mol. The molecule has 21 heavy (non-hydrogen) atoms. The van der Waals surface area contributed by atoms with Gasteiger partial charge in [0.25, 0.3) is 5.91 Å². The highest BCUT2D eigenvalue weighted by Gasteiger charge is 2.27. The van der Waals surface area contributed by atoms with Crippen LogP contribution in [0.3, 0.4) is 0 Å². The van der Waals surface area contributed by atoms with Gasteiger partial charge in [0.1, 0.15) is 0 Å². The highest BCUT2D eigenvalue weighted by molar-refractivity contribution is 7.14. The fraction of sp³-hybridized carbons (Fsp3) is 0.706. The number of piperidine rings is 1. The second-order valence-corrected chi connectivity index (χ2v) is 7.31. The first-order valence-electron chi connectivity index (χ1n) is 8.23. The first-order valence-corrected chi connectivity index (χ1v) is 9.04. The number of thiophene rings is 1. The lowest BCUT2D eigenvalue weighted by Crippen LogP contribution is -2.44. The zero-order valence-corrected chi connectivity index (χ0v) is 14.3. The van der Waals surface area contributed by atoms with Gasteiger partial charge in [-0.1, -0.05) is 20.3 Å². The van der Waals surface area contributed by atoms with E-state index in [-0.39, 0.29) is 11.9 Å². The summed E-state index contributed by atoms with van der Waals surface area (Å²) in [6.07, 6.45) is 5.46. The third-order valence-electron chi connectivity index (χ3n) is 4.45. The van der Waals surface area contributed by atoms with Crippen molar-refractivity contribution in [2.24, 2.45) is 11.7 Å². The summed E-state index contributed by atoms with van der Waals surface area (Å²) in [5.74, 6) is 0.658. The van der Waals surface area contributed by atoms with E-state index < -0.39 is 0 Å². The molecule has 1 amide bonds. The monoisotopic (exact) mass is 308 g/mol. The molecule has 118 valence electrons. The lowest BCUT2D eigenvalue weighted by Gasteiger charge is -2.34. The Hall–Kier alpha value is -0.870. The molecule has 0 radical (unpaired) electrons. The van der Waals surface area contributed by atoms with Crippen LogP contribution in [0.25, 0.3) is 0 Å². The Morgan fingerprint density at radius 1 is 1.52 bits per heavy atom. The molecule has 1 saturated heterocycles. The highest BCUT2D eigenvalue weighted by Crippen LogP contribution is 2.27. The van der Waals surface area contributed by atoms with Gasteiger partial charge in [0.2, 0.25) is 0 Å². The normalized spacial score (nSPS) is 20.6. The van der Waals surface area contributed by atoms with Crippen molar-refractivity contribution in [3.8, 4) is 0 Å². The molecule has 1 aliphatic heterocycles. The highest BCUT2D eigenvalue weighted by atomic mass is 32.1. The minimum Gasteiger partial charge on any atom is -0.338 e. The fourth-order valence-electron chi connectivity index (χ4n) is 3.09. The van der Waals surface area contributed by atoms with Crippen molar-refractivity contribution in [3.63, 3.8) is 0 Å². The van der Waals surface area contributed by atoms with Crippen molar-refractivity contribution in [2.45, 2.75) is 58.9 Å². The van der Waals surface area contributed by atoms with Crippen LogP contribution >= 0.6 is 11.3 Å². The van der Waals surface area contributed by atoms with E-state index in [1.165, 1.54) is 10.4 Å². The van der Waals surface area contributed by atoms with Crippen LogP contribution in [-0.2, 0) is 12.8 Å². The second kappa shape index (κ2) is 7.41. The quantitative estimate of drug-likeness (QED) is 0.905. The molecular formula is C17H28N2OS. The Kier molecular flexibility index (Phi) is 5.82. The van der Waals surface area contributed by atoms with Gasteiger partial charge in [-0.15, -0.1) is 11.3 Å². The molecule has 1 aromatic rings. The first-order chi connectivity index (χ1) is 10.1. The molecule has 1 aromatic heterocycles. The van der Waals surface area contributed by atoms with Gasteiger partial charge in [0.05, 0.1) is 4.88 Å². The van der Waals surface area contributed by atoms with Crippen LogP contribution in [0.4, 0.5) is 0 Å². The van der Waals surface area contributed by atoms with Gasteiger partial charge in [-0.05, 0) is 50.2 Å². The van der Waals surface area contributed by atoms with Gasteiger partial charge in [-0.25, -0.2) is 0 Å². The molecule has 2 atom stereocenters. The van der Waals surface area contributed by atoms with Crippen LogP contribution in [0.15, 0.2) is 6.07 Å². The Labute approximate surface area is 132 Å². The third-order valence-corrected chi connectivity index (χ3v) is 5.68. The van der Waals surface area contributed by atoms with E-state index in [0.717, 1.165) is 50.1 Å².